The van der Waals surface area contributed by atoms with Crippen molar-refractivity contribution in [1.82, 2.24) is 9.80 Å². The van der Waals surface area contributed by atoms with Crippen LogP contribution >= 0.6 is 0 Å². The Labute approximate surface area is 137 Å². The van der Waals surface area contributed by atoms with Crippen LogP contribution in [0.25, 0.3) is 0 Å². The summed E-state index contributed by atoms with van der Waals surface area (Å²) in [4.78, 5) is 16.6. The van der Waals surface area contributed by atoms with Gasteiger partial charge < -0.3 is 9.80 Å². The van der Waals surface area contributed by atoms with Crippen molar-refractivity contribution in [3.05, 3.63) is 35.9 Å². The Bertz CT molecular complexity index is 587. The van der Waals surface area contributed by atoms with Crippen molar-refractivity contribution in [3.63, 3.8) is 0 Å². The van der Waals surface area contributed by atoms with Crippen molar-refractivity contribution in [2.24, 2.45) is 5.92 Å². The van der Waals surface area contributed by atoms with Gasteiger partial charge in [-0.2, -0.15) is 10.5 Å². The molecule has 1 atom stereocenters. The molecule has 23 heavy (non-hydrogen) atoms. The van der Waals surface area contributed by atoms with E-state index < -0.39 is 0 Å². The zero-order valence-electron chi connectivity index (χ0n) is 13.3. The average Bonchev–Trinajstić information content (AvgIpc) is 2.84. The van der Waals surface area contributed by atoms with Crippen LogP contribution in [0.5, 0.6) is 0 Å². The molecule has 1 saturated heterocycles. The Kier molecular flexibility index (Phi) is 6.59. The average molecular weight is 310 g/mol. The molecule has 1 heterocycles. The van der Waals surface area contributed by atoms with Gasteiger partial charge in [-0.3, -0.25) is 4.79 Å². The van der Waals surface area contributed by atoms with Crippen LogP contribution in [0.4, 0.5) is 0 Å². The monoisotopic (exact) mass is 310 g/mol. The van der Waals surface area contributed by atoms with Crippen LogP contribution in [0.3, 0.4) is 0 Å². The molecule has 0 bridgehead atoms. The lowest BCUT2D eigenvalue weighted by Gasteiger charge is -2.23. The molecule has 5 nitrogen and oxygen atoms in total. The maximum absolute atomic E-state index is 12.5. The van der Waals surface area contributed by atoms with Gasteiger partial charge in [0.2, 0.25) is 0 Å². The summed E-state index contributed by atoms with van der Waals surface area (Å²) < 4.78 is 0. The molecule has 0 radical (unpaired) electrons. The Morgan fingerprint density at radius 2 is 1.91 bits per heavy atom. The lowest BCUT2D eigenvalue weighted by Crippen LogP contribution is -2.36. The minimum atomic E-state index is -0.106. The predicted octanol–water partition coefficient (Wildman–Crippen LogP) is 2.28. The molecule has 0 aliphatic carbocycles. The van der Waals surface area contributed by atoms with E-state index in [0.29, 0.717) is 25.9 Å². The topological polar surface area (TPSA) is 71.1 Å². The van der Waals surface area contributed by atoms with Crippen LogP contribution in [-0.4, -0.2) is 48.4 Å². The quantitative estimate of drug-likeness (QED) is 0.836. The highest BCUT2D eigenvalue weighted by Gasteiger charge is 2.21. The standard InChI is InChI=1S/C18H22N4O/c19-9-4-6-16(14-20)15-21-10-5-11-22(13-12-21)18(23)17-7-2-1-3-8-17/h1-3,7-8,16H,4-6,10-13,15H2/t16-/m1/s1. The number of nitrogens with zero attached hydrogens (tertiary/aromatic N) is 4. The maximum Gasteiger partial charge on any atom is 0.253 e. The summed E-state index contributed by atoms with van der Waals surface area (Å²) >= 11 is 0. The molecule has 0 aromatic heterocycles. The van der Waals surface area contributed by atoms with Crippen molar-refractivity contribution in [2.45, 2.75) is 19.3 Å². The van der Waals surface area contributed by atoms with E-state index in [4.69, 9.17) is 5.26 Å². The van der Waals surface area contributed by atoms with Gasteiger partial charge in [0.25, 0.3) is 5.91 Å². The molecule has 0 spiro atoms. The van der Waals surface area contributed by atoms with Crippen molar-refractivity contribution >= 4 is 5.91 Å². The second kappa shape index (κ2) is 8.92. The number of carbonyl (C=O) groups excluding carboxylic acids is 1. The highest BCUT2D eigenvalue weighted by molar-refractivity contribution is 5.94. The largest absolute Gasteiger partial charge is 0.337 e. The molecule has 1 aliphatic heterocycles. The van der Waals surface area contributed by atoms with Gasteiger partial charge in [0.15, 0.2) is 0 Å². The third kappa shape index (κ3) is 5.09. The number of carbonyl (C=O) groups is 1. The summed E-state index contributed by atoms with van der Waals surface area (Å²) in [7, 11) is 0. The fourth-order valence-electron chi connectivity index (χ4n) is 2.87. The van der Waals surface area contributed by atoms with E-state index in [-0.39, 0.29) is 11.8 Å². The number of nitriles is 2. The lowest BCUT2D eigenvalue weighted by molar-refractivity contribution is 0.0761. The Balaban J connectivity index is 1.88. The molecule has 0 saturated carbocycles. The van der Waals surface area contributed by atoms with Crippen LogP contribution in [0.1, 0.15) is 29.6 Å². The fourth-order valence-corrected chi connectivity index (χ4v) is 2.87. The molecule has 120 valence electrons. The highest BCUT2D eigenvalue weighted by Crippen LogP contribution is 2.12. The highest BCUT2D eigenvalue weighted by atomic mass is 16.2. The van der Waals surface area contributed by atoms with E-state index in [9.17, 15) is 10.1 Å². The summed E-state index contributed by atoms with van der Waals surface area (Å²) in [5.74, 6) is -0.0280. The van der Waals surface area contributed by atoms with Gasteiger partial charge in [-0.1, -0.05) is 18.2 Å². The third-order valence-corrected chi connectivity index (χ3v) is 4.16. The van der Waals surface area contributed by atoms with Crippen molar-refractivity contribution < 1.29 is 4.79 Å². The van der Waals surface area contributed by atoms with E-state index in [1.807, 2.05) is 35.2 Å². The summed E-state index contributed by atoms with van der Waals surface area (Å²) in [6.07, 6.45) is 1.95. The first-order chi connectivity index (χ1) is 11.2. The van der Waals surface area contributed by atoms with Crippen molar-refractivity contribution in [3.8, 4) is 12.1 Å². The molecule has 1 amide bonds. The molecule has 0 unspecified atom stereocenters. The van der Waals surface area contributed by atoms with Crippen LogP contribution in [0.15, 0.2) is 30.3 Å². The Hall–Kier alpha value is -2.37. The zero-order chi connectivity index (χ0) is 16.5. The summed E-state index contributed by atoms with van der Waals surface area (Å²) in [6, 6.07) is 13.7. The van der Waals surface area contributed by atoms with E-state index in [1.165, 1.54) is 0 Å². The molecular formula is C18H22N4O. The smallest absolute Gasteiger partial charge is 0.253 e. The summed E-state index contributed by atoms with van der Waals surface area (Å²) in [5.41, 5.74) is 0.727. The summed E-state index contributed by atoms with van der Waals surface area (Å²) in [5, 5.41) is 17.8. The van der Waals surface area contributed by atoms with Gasteiger partial charge in [0.1, 0.15) is 0 Å². The molecule has 5 heteroatoms. The van der Waals surface area contributed by atoms with E-state index in [0.717, 1.165) is 31.6 Å². The number of amides is 1. The minimum absolute atomic E-state index is 0.0776. The van der Waals surface area contributed by atoms with Crippen LogP contribution in [-0.2, 0) is 0 Å². The van der Waals surface area contributed by atoms with Gasteiger partial charge in [-0.25, -0.2) is 0 Å². The molecular weight excluding hydrogens is 288 g/mol. The van der Waals surface area contributed by atoms with E-state index in [1.54, 1.807) is 0 Å². The first-order valence-electron chi connectivity index (χ1n) is 8.08. The number of hydrogen-bond donors (Lipinski definition) is 0. The van der Waals surface area contributed by atoms with Crippen molar-refractivity contribution in [1.29, 1.82) is 10.5 Å². The molecule has 1 aromatic carbocycles. The second-order valence-corrected chi connectivity index (χ2v) is 5.84. The molecule has 1 aliphatic rings. The summed E-state index contributed by atoms with van der Waals surface area (Å²) in [6.45, 7) is 3.79. The minimum Gasteiger partial charge on any atom is -0.337 e. The number of hydrogen-bond acceptors (Lipinski definition) is 4. The molecule has 1 fully saturated rings. The Morgan fingerprint density at radius 1 is 1.13 bits per heavy atom. The van der Waals surface area contributed by atoms with Gasteiger partial charge in [0.05, 0.1) is 18.1 Å². The molecule has 0 N–H and O–H groups in total. The van der Waals surface area contributed by atoms with E-state index in [2.05, 4.69) is 17.0 Å². The van der Waals surface area contributed by atoms with Crippen LogP contribution in [0.2, 0.25) is 0 Å². The van der Waals surface area contributed by atoms with Gasteiger partial charge in [-0.15, -0.1) is 0 Å². The van der Waals surface area contributed by atoms with E-state index >= 15 is 0 Å². The van der Waals surface area contributed by atoms with Gasteiger partial charge in [-0.05, 0) is 31.5 Å². The van der Waals surface area contributed by atoms with Gasteiger partial charge in [0, 0.05) is 38.2 Å². The molecule has 2 rings (SSSR count). The zero-order valence-corrected chi connectivity index (χ0v) is 13.3. The molecule has 1 aromatic rings. The predicted molar refractivity (Wildman–Crippen MR) is 87.4 cm³/mol. The second-order valence-electron chi connectivity index (χ2n) is 5.84. The normalized spacial score (nSPS) is 16.9. The number of benzene rings is 1. The SMILES string of the molecule is N#CCC[C@H](C#N)CN1CCCN(C(=O)c2ccccc2)CC1. The maximum atomic E-state index is 12.5. The van der Waals surface area contributed by atoms with Crippen molar-refractivity contribution in [2.75, 3.05) is 32.7 Å². The third-order valence-electron chi connectivity index (χ3n) is 4.16. The van der Waals surface area contributed by atoms with Crippen LogP contribution < -0.4 is 0 Å². The first kappa shape index (κ1) is 17.0. The fraction of sp³-hybridized carbons (Fsp3) is 0.500. The van der Waals surface area contributed by atoms with Crippen LogP contribution in [0, 0.1) is 28.6 Å². The lowest BCUT2D eigenvalue weighted by atomic mass is 10.0. The number of rotatable bonds is 5. The van der Waals surface area contributed by atoms with Gasteiger partial charge >= 0.3 is 0 Å². The first-order valence-corrected chi connectivity index (χ1v) is 8.08. The Morgan fingerprint density at radius 3 is 2.61 bits per heavy atom.